The lowest BCUT2D eigenvalue weighted by Crippen LogP contribution is -2.38. The van der Waals surface area contributed by atoms with Crippen molar-refractivity contribution >= 4 is 16.6 Å². The molecule has 0 saturated carbocycles. The lowest BCUT2D eigenvalue weighted by molar-refractivity contribution is 0.0845. The summed E-state index contributed by atoms with van der Waals surface area (Å²) >= 11 is 0. The first kappa shape index (κ1) is 17.1. The van der Waals surface area contributed by atoms with Crippen LogP contribution in [0, 0.1) is 5.92 Å². The van der Waals surface area contributed by atoms with Gasteiger partial charge in [-0.15, -0.1) is 0 Å². The van der Waals surface area contributed by atoms with Crippen LogP contribution in [0.1, 0.15) is 23.2 Å². The summed E-state index contributed by atoms with van der Waals surface area (Å²) in [5.41, 5.74) is 0.820. The van der Waals surface area contributed by atoms with E-state index in [2.05, 4.69) is 4.90 Å². The zero-order valence-electron chi connectivity index (χ0n) is 13.8. The molecule has 2 aromatic rings. The molecule has 0 aromatic heterocycles. The third kappa shape index (κ3) is 4.40. The molecule has 1 heterocycles. The second-order valence-corrected chi connectivity index (χ2v) is 7.78. The highest BCUT2D eigenvalue weighted by atomic mass is 32.2. The molecule has 1 aliphatic rings. The number of ketones is 1. The molecular formula is C20H23NO2S. The van der Waals surface area contributed by atoms with Crippen LogP contribution in [0.15, 0.2) is 65.6 Å². The Hall–Kier alpha value is -1.78. The number of piperidine rings is 1. The Morgan fingerprint density at radius 3 is 2.17 bits per heavy atom. The highest BCUT2D eigenvalue weighted by molar-refractivity contribution is 7.85. The van der Waals surface area contributed by atoms with Crippen LogP contribution in [0.25, 0.3) is 0 Å². The summed E-state index contributed by atoms with van der Waals surface area (Å²) in [4.78, 5) is 15.7. The Kier molecular flexibility index (Phi) is 5.94. The number of carbonyl (C=O) groups is 1. The fourth-order valence-corrected chi connectivity index (χ4v) is 4.28. The normalized spacial score (nSPS) is 17.5. The van der Waals surface area contributed by atoms with Gasteiger partial charge in [-0.2, -0.15) is 0 Å². The molecule has 0 unspecified atom stereocenters. The molecule has 1 atom stereocenters. The summed E-state index contributed by atoms with van der Waals surface area (Å²) in [5, 5.41) is 0. The van der Waals surface area contributed by atoms with Gasteiger partial charge in [0.1, 0.15) is 0 Å². The number of rotatable bonds is 6. The first-order valence-electron chi connectivity index (χ1n) is 8.49. The zero-order valence-corrected chi connectivity index (χ0v) is 14.6. The van der Waals surface area contributed by atoms with E-state index in [-0.39, 0.29) is 11.7 Å². The fourth-order valence-electron chi connectivity index (χ4n) is 3.16. The first-order chi connectivity index (χ1) is 11.7. The van der Waals surface area contributed by atoms with E-state index in [0.717, 1.165) is 42.9 Å². The lowest BCUT2D eigenvalue weighted by Gasteiger charge is -2.31. The van der Waals surface area contributed by atoms with Gasteiger partial charge >= 0.3 is 0 Å². The molecule has 3 nitrogen and oxygen atoms in total. The second kappa shape index (κ2) is 8.36. The molecule has 1 saturated heterocycles. The molecule has 2 aromatic carbocycles. The van der Waals surface area contributed by atoms with Gasteiger partial charge in [0.15, 0.2) is 5.78 Å². The molecule has 4 heteroatoms. The predicted octanol–water partition coefficient (Wildman–Crippen LogP) is 3.39. The fraction of sp³-hybridized carbons (Fsp3) is 0.350. The quantitative estimate of drug-likeness (QED) is 0.756. The maximum absolute atomic E-state index is 12.5. The summed E-state index contributed by atoms with van der Waals surface area (Å²) in [6.45, 7) is 2.65. The summed E-state index contributed by atoms with van der Waals surface area (Å²) in [6.07, 6.45) is 1.79. The molecule has 126 valence electrons. The Morgan fingerprint density at radius 1 is 0.958 bits per heavy atom. The number of nitrogens with zero attached hydrogens (tertiary/aromatic N) is 1. The third-order valence-corrected chi connectivity index (χ3v) is 5.97. The van der Waals surface area contributed by atoms with Crippen molar-refractivity contribution in [1.82, 2.24) is 4.90 Å². The first-order valence-corrected chi connectivity index (χ1v) is 9.81. The smallest absolute Gasteiger partial charge is 0.166 e. The van der Waals surface area contributed by atoms with Crippen LogP contribution in [-0.4, -0.2) is 40.3 Å². The van der Waals surface area contributed by atoms with E-state index in [9.17, 15) is 9.00 Å². The molecule has 0 aliphatic carbocycles. The minimum atomic E-state index is -0.941. The van der Waals surface area contributed by atoms with Crippen molar-refractivity contribution in [3.8, 4) is 0 Å². The zero-order chi connectivity index (χ0) is 16.8. The van der Waals surface area contributed by atoms with Crippen molar-refractivity contribution in [1.29, 1.82) is 0 Å². The highest BCUT2D eigenvalue weighted by Gasteiger charge is 2.25. The third-order valence-electron chi connectivity index (χ3n) is 4.62. The standard InChI is InChI=1S/C20H23NO2S/c22-20(17-7-3-1-4-8-17)18-11-13-21(14-12-18)15-16-24(23)19-9-5-2-6-10-19/h1-10,18H,11-16H2/t24-/m1/s1. The van der Waals surface area contributed by atoms with E-state index >= 15 is 0 Å². The van der Waals surface area contributed by atoms with Gasteiger partial charge in [-0.1, -0.05) is 48.5 Å². The van der Waals surface area contributed by atoms with Gasteiger partial charge in [-0.3, -0.25) is 9.00 Å². The topological polar surface area (TPSA) is 37.4 Å². The minimum Gasteiger partial charge on any atom is -0.302 e. The van der Waals surface area contributed by atoms with Gasteiger partial charge in [0.2, 0.25) is 0 Å². The van der Waals surface area contributed by atoms with Crippen molar-refractivity contribution in [3.05, 3.63) is 66.2 Å². The highest BCUT2D eigenvalue weighted by Crippen LogP contribution is 2.21. The van der Waals surface area contributed by atoms with Crippen molar-refractivity contribution < 1.29 is 9.00 Å². The van der Waals surface area contributed by atoms with Crippen LogP contribution in [0.5, 0.6) is 0 Å². The predicted molar refractivity (Wildman–Crippen MR) is 97.7 cm³/mol. The van der Waals surface area contributed by atoms with E-state index in [1.807, 2.05) is 60.7 Å². The molecule has 0 N–H and O–H groups in total. The molecule has 0 spiro atoms. The average Bonchev–Trinajstić information content (AvgIpc) is 2.67. The summed E-state index contributed by atoms with van der Waals surface area (Å²) in [7, 11) is -0.941. The minimum absolute atomic E-state index is 0.128. The van der Waals surface area contributed by atoms with Gasteiger partial charge in [0.05, 0.1) is 10.8 Å². The summed E-state index contributed by atoms with van der Waals surface area (Å²) in [5.74, 6) is 1.05. The molecule has 0 bridgehead atoms. The van der Waals surface area contributed by atoms with Crippen molar-refractivity contribution in [2.45, 2.75) is 17.7 Å². The van der Waals surface area contributed by atoms with Gasteiger partial charge < -0.3 is 4.90 Å². The Bertz CT molecular complexity index is 679. The van der Waals surface area contributed by atoms with Gasteiger partial charge in [0, 0.05) is 28.7 Å². The van der Waals surface area contributed by atoms with Crippen LogP contribution in [0.4, 0.5) is 0 Å². The van der Waals surface area contributed by atoms with Crippen LogP contribution >= 0.6 is 0 Å². The molecule has 0 amide bonds. The Morgan fingerprint density at radius 2 is 1.54 bits per heavy atom. The van der Waals surface area contributed by atoms with Crippen molar-refractivity contribution in [2.24, 2.45) is 5.92 Å². The van der Waals surface area contributed by atoms with Crippen LogP contribution in [-0.2, 0) is 10.8 Å². The summed E-state index contributed by atoms with van der Waals surface area (Å²) < 4.78 is 12.3. The largest absolute Gasteiger partial charge is 0.302 e. The van der Waals surface area contributed by atoms with E-state index in [1.54, 1.807) is 0 Å². The summed E-state index contributed by atoms with van der Waals surface area (Å²) in [6, 6.07) is 19.2. The Balaban J connectivity index is 1.46. The number of likely N-dealkylation sites (tertiary alicyclic amines) is 1. The van der Waals surface area contributed by atoms with Crippen LogP contribution in [0.3, 0.4) is 0 Å². The molecule has 0 radical (unpaired) electrons. The van der Waals surface area contributed by atoms with Crippen LogP contribution < -0.4 is 0 Å². The molecular weight excluding hydrogens is 318 g/mol. The molecule has 3 rings (SSSR count). The maximum atomic E-state index is 12.5. The van der Waals surface area contributed by atoms with E-state index < -0.39 is 10.8 Å². The second-order valence-electron chi connectivity index (χ2n) is 6.21. The number of hydrogen-bond donors (Lipinski definition) is 0. The van der Waals surface area contributed by atoms with Gasteiger partial charge in [-0.05, 0) is 38.1 Å². The van der Waals surface area contributed by atoms with Crippen molar-refractivity contribution in [2.75, 3.05) is 25.4 Å². The van der Waals surface area contributed by atoms with Crippen LogP contribution in [0.2, 0.25) is 0 Å². The SMILES string of the molecule is O=C(c1ccccc1)C1CCN(CC[S@@](=O)c2ccccc2)CC1. The van der Waals surface area contributed by atoms with E-state index in [0.29, 0.717) is 5.75 Å². The maximum Gasteiger partial charge on any atom is 0.166 e. The van der Waals surface area contributed by atoms with E-state index in [4.69, 9.17) is 0 Å². The number of Topliss-reactive ketones (excluding diaryl/α,β-unsaturated/α-hetero) is 1. The van der Waals surface area contributed by atoms with E-state index in [1.165, 1.54) is 0 Å². The average molecular weight is 341 g/mol. The van der Waals surface area contributed by atoms with Gasteiger partial charge in [-0.25, -0.2) is 0 Å². The molecule has 24 heavy (non-hydrogen) atoms. The molecule has 1 fully saturated rings. The number of benzene rings is 2. The van der Waals surface area contributed by atoms with Gasteiger partial charge in [0.25, 0.3) is 0 Å². The number of carbonyl (C=O) groups excluding carboxylic acids is 1. The molecule has 1 aliphatic heterocycles. The number of hydrogen-bond acceptors (Lipinski definition) is 3. The monoisotopic (exact) mass is 341 g/mol. The van der Waals surface area contributed by atoms with Crippen molar-refractivity contribution in [3.63, 3.8) is 0 Å². The lowest BCUT2D eigenvalue weighted by atomic mass is 9.89. The Labute approximate surface area is 146 Å².